The Bertz CT molecular complexity index is 739. The van der Waals surface area contributed by atoms with Gasteiger partial charge in [0, 0.05) is 51.3 Å². The standard InChI is InChI=1S/C20H29N3O6/c1-12(24)22-5-7-23(8-6-22)18-19(26)17(16-11-28-20(18)29-16)21-10-13-3-4-14(27-2)9-15(13)25/h3-4,9,16-21,25-26H,5-8,10-11H2,1-2H3. The smallest absolute Gasteiger partial charge is 0.219 e. The van der Waals surface area contributed by atoms with E-state index >= 15 is 0 Å². The van der Waals surface area contributed by atoms with Crippen LogP contribution in [0.5, 0.6) is 11.5 Å². The van der Waals surface area contributed by atoms with Gasteiger partial charge in [-0.2, -0.15) is 0 Å². The number of methoxy groups -OCH3 is 1. The second-order valence-electron chi connectivity index (χ2n) is 7.80. The highest BCUT2D eigenvalue weighted by Crippen LogP contribution is 2.32. The van der Waals surface area contributed by atoms with Crippen LogP contribution in [-0.2, 0) is 20.8 Å². The van der Waals surface area contributed by atoms with Gasteiger partial charge < -0.3 is 34.6 Å². The minimum atomic E-state index is -0.689. The van der Waals surface area contributed by atoms with Gasteiger partial charge in [-0.1, -0.05) is 6.07 Å². The van der Waals surface area contributed by atoms with Gasteiger partial charge in [-0.15, -0.1) is 0 Å². The second kappa shape index (κ2) is 8.45. The lowest BCUT2D eigenvalue weighted by atomic mass is 9.94. The highest BCUT2D eigenvalue weighted by Gasteiger charge is 2.52. The molecule has 3 aliphatic rings. The first-order valence-corrected chi connectivity index (χ1v) is 10.0. The summed E-state index contributed by atoms with van der Waals surface area (Å²) in [6.45, 7) is 4.97. The molecule has 9 nitrogen and oxygen atoms in total. The summed E-state index contributed by atoms with van der Waals surface area (Å²) in [6.07, 6.45) is -1.40. The van der Waals surface area contributed by atoms with Crippen molar-refractivity contribution < 1.29 is 29.2 Å². The number of amides is 1. The Morgan fingerprint density at radius 2 is 2.07 bits per heavy atom. The number of phenols is 1. The fourth-order valence-corrected chi connectivity index (χ4v) is 4.42. The molecule has 1 amide bonds. The number of hydrogen-bond donors (Lipinski definition) is 3. The monoisotopic (exact) mass is 407 g/mol. The molecule has 0 radical (unpaired) electrons. The first-order valence-electron chi connectivity index (χ1n) is 10.0. The van der Waals surface area contributed by atoms with Crippen molar-refractivity contribution in [2.45, 2.75) is 44.1 Å². The van der Waals surface area contributed by atoms with Crippen molar-refractivity contribution in [1.29, 1.82) is 0 Å². The van der Waals surface area contributed by atoms with Crippen LogP contribution < -0.4 is 10.1 Å². The molecule has 5 atom stereocenters. The van der Waals surface area contributed by atoms with E-state index in [0.717, 1.165) is 0 Å². The van der Waals surface area contributed by atoms with E-state index in [1.54, 1.807) is 32.2 Å². The Kier molecular flexibility index (Phi) is 5.93. The molecule has 3 N–H and O–H groups in total. The summed E-state index contributed by atoms with van der Waals surface area (Å²) in [5.74, 6) is 0.797. The predicted molar refractivity (Wildman–Crippen MR) is 104 cm³/mol. The number of phenolic OH excluding ortho intramolecular Hbond substituents is 1. The molecule has 9 heteroatoms. The summed E-state index contributed by atoms with van der Waals surface area (Å²) < 4.78 is 17.0. The number of aromatic hydroxyl groups is 1. The SMILES string of the molecule is COc1ccc(CNC2C3COC(O3)C(N3CCN(C(C)=O)CC3)C2O)c(O)c1. The van der Waals surface area contributed by atoms with Gasteiger partial charge >= 0.3 is 0 Å². The average molecular weight is 407 g/mol. The van der Waals surface area contributed by atoms with E-state index in [1.165, 1.54) is 0 Å². The fourth-order valence-electron chi connectivity index (χ4n) is 4.42. The topological polar surface area (TPSA) is 104 Å². The molecule has 0 saturated carbocycles. The molecule has 3 aliphatic heterocycles. The number of piperazine rings is 1. The number of nitrogens with one attached hydrogen (secondary N) is 1. The zero-order valence-corrected chi connectivity index (χ0v) is 16.8. The number of carbonyl (C=O) groups excluding carboxylic acids is 1. The third-order valence-electron chi connectivity index (χ3n) is 6.13. The largest absolute Gasteiger partial charge is 0.507 e. The van der Waals surface area contributed by atoms with E-state index < -0.39 is 12.4 Å². The molecular formula is C20H29N3O6. The fraction of sp³-hybridized carbons (Fsp3) is 0.650. The maximum atomic E-state index is 11.6. The van der Waals surface area contributed by atoms with Gasteiger partial charge in [-0.3, -0.25) is 9.69 Å². The quantitative estimate of drug-likeness (QED) is 0.601. The van der Waals surface area contributed by atoms with Crippen LogP contribution in [0.1, 0.15) is 12.5 Å². The van der Waals surface area contributed by atoms with Gasteiger partial charge in [-0.05, 0) is 6.07 Å². The lowest BCUT2D eigenvalue weighted by Gasteiger charge is -2.46. The molecule has 1 aromatic rings. The number of aliphatic hydroxyl groups excluding tert-OH is 1. The minimum absolute atomic E-state index is 0.0705. The van der Waals surface area contributed by atoms with Crippen molar-refractivity contribution in [2.75, 3.05) is 39.9 Å². The maximum absolute atomic E-state index is 11.6. The molecule has 1 aromatic carbocycles. The molecular weight excluding hydrogens is 378 g/mol. The van der Waals surface area contributed by atoms with Crippen molar-refractivity contribution in [2.24, 2.45) is 0 Å². The first kappa shape index (κ1) is 20.4. The van der Waals surface area contributed by atoms with Crippen LogP contribution in [0, 0.1) is 0 Å². The Morgan fingerprint density at radius 1 is 1.31 bits per heavy atom. The molecule has 3 saturated heterocycles. The lowest BCUT2D eigenvalue weighted by Crippen LogP contribution is -2.66. The number of fused-ring (bicyclic) bond motifs is 2. The number of nitrogens with zero attached hydrogens (tertiary/aromatic N) is 2. The number of rotatable bonds is 5. The summed E-state index contributed by atoms with van der Waals surface area (Å²) in [4.78, 5) is 15.5. The zero-order valence-electron chi connectivity index (χ0n) is 16.8. The van der Waals surface area contributed by atoms with E-state index in [2.05, 4.69) is 10.2 Å². The minimum Gasteiger partial charge on any atom is -0.507 e. The normalized spacial score (nSPS) is 32.4. The molecule has 5 unspecified atom stereocenters. The van der Waals surface area contributed by atoms with E-state index in [1.807, 2.05) is 4.90 Å². The van der Waals surface area contributed by atoms with Gasteiger partial charge in [0.1, 0.15) is 17.6 Å². The zero-order chi connectivity index (χ0) is 20.5. The summed E-state index contributed by atoms with van der Waals surface area (Å²) in [5, 5.41) is 24.7. The molecule has 0 spiro atoms. The average Bonchev–Trinajstić information content (AvgIpc) is 3.14. The second-order valence-corrected chi connectivity index (χ2v) is 7.80. The van der Waals surface area contributed by atoms with E-state index in [-0.39, 0.29) is 29.8 Å². The van der Waals surface area contributed by atoms with Gasteiger partial charge in [0.15, 0.2) is 6.29 Å². The van der Waals surface area contributed by atoms with Crippen molar-refractivity contribution in [3.8, 4) is 11.5 Å². The van der Waals surface area contributed by atoms with Crippen LogP contribution in [0.2, 0.25) is 0 Å². The molecule has 3 fully saturated rings. The van der Waals surface area contributed by atoms with Crippen LogP contribution in [0.15, 0.2) is 18.2 Å². The third-order valence-corrected chi connectivity index (χ3v) is 6.13. The highest BCUT2D eigenvalue weighted by atomic mass is 16.7. The Morgan fingerprint density at radius 3 is 2.72 bits per heavy atom. The van der Waals surface area contributed by atoms with Gasteiger partial charge in [0.2, 0.25) is 5.91 Å². The summed E-state index contributed by atoms with van der Waals surface area (Å²) in [6, 6.07) is 4.52. The molecule has 4 rings (SSSR count). The number of ether oxygens (including phenoxy) is 3. The Hall–Kier alpha value is -1.91. The molecule has 29 heavy (non-hydrogen) atoms. The summed E-state index contributed by atoms with van der Waals surface area (Å²) in [5.41, 5.74) is 0.714. The molecule has 0 aromatic heterocycles. The van der Waals surface area contributed by atoms with Gasteiger partial charge in [0.05, 0.1) is 31.9 Å². The summed E-state index contributed by atoms with van der Waals surface area (Å²) >= 11 is 0. The predicted octanol–water partition coefficient (Wildman–Crippen LogP) is -0.492. The first-order chi connectivity index (χ1) is 14.0. The number of benzene rings is 1. The van der Waals surface area contributed by atoms with Crippen LogP contribution in [-0.4, -0.2) is 96.4 Å². The van der Waals surface area contributed by atoms with Gasteiger partial charge in [0.25, 0.3) is 0 Å². The van der Waals surface area contributed by atoms with Crippen LogP contribution in [0.3, 0.4) is 0 Å². The lowest BCUT2D eigenvalue weighted by molar-refractivity contribution is -0.187. The van der Waals surface area contributed by atoms with Crippen LogP contribution in [0.25, 0.3) is 0 Å². The third kappa shape index (κ3) is 4.06. The summed E-state index contributed by atoms with van der Waals surface area (Å²) in [7, 11) is 1.55. The van der Waals surface area contributed by atoms with Gasteiger partial charge in [-0.25, -0.2) is 0 Å². The van der Waals surface area contributed by atoms with E-state index in [9.17, 15) is 15.0 Å². The number of carbonyl (C=O) groups is 1. The van der Waals surface area contributed by atoms with Crippen molar-refractivity contribution >= 4 is 5.91 Å². The van der Waals surface area contributed by atoms with E-state index in [0.29, 0.717) is 50.6 Å². The highest BCUT2D eigenvalue weighted by molar-refractivity contribution is 5.73. The maximum Gasteiger partial charge on any atom is 0.219 e. The molecule has 160 valence electrons. The van der Waals surface area contributed by atoms with Crippen molar-refractivity contribution in [3.05, 3.63) is 23.8 Å². The number of hydrogen-bond acceptors (Lipinski definition) is 8. The molecule has 3 heterocycles. The molecule has 2 bridgehead atoms. The van der Waals surface area contributed by atoms with E-state index in [4.69, 9.17) is 14.2 Å². The van der Waals surface area contributed by atoms with Crippen molar-refractivity contribution in [3.63, 3.8) is 0 Å². The Labute approximate surface area is 170 Å². The Balaban J connectivity index is 1.42. The van der Waals surface area contributed by atoms with Crippen LogP contribution in [0.4, 0.5) is 0 Å². The van der Waals surface area contributed by atoms with Crippen LogP contribution >= 0.6 is 0 Å². The van der Waals surface area contributed by atoms with Crippen molar-refractivity contribution in [1.82, 2.24) is 15.1 Å². The number of aliphatic hydroxyl groups is 1. The molecule has 0 aliphatic carbocycles.